The second kappa shape index (κ2) is 27.2. The minimum atomic E-state index is -0.765. The summed E-state index contributed by atoms with van der Waals surface area (Å²) in [5, 5.41) is 9.43. The van der Waals surface area contributed by atoms with Gasteiger partial charge >= 0.3 is 11.9 Å². The highest BCUT2D eigenvalue weighted by Gasteiger charge is 2.16. The van der Waals surface area contributed by atoms with Crippen LogP contribution in [-0.4, -0.2) is 36.4 Å². The molecule has 206 valence electrons. The molecule has 5 nitrogen and oxygen atoms in total. The molecule has 0 aliphatic rings. The van der Waals surface area contributed by atoms with Crippen LogP contribution in [0.3, 0.4) is 0 Å². The molecule has 0 fully saturated rings. The highest BCUT2D eigenvalue weighted by Crippen LogP contribution is 2.11. The smallest absolute Gasteiger partial charge is 0.306 e. The third-order valence-electron chi connectivity index (χ3n) is 6.31. The third kappa shape index (κ3) is 25.5. The van der Waals surface area contributed by atoms with Crippen molar-refractivity contribution in [2.75, 3.05) is 13.2 Å². The van der Waals surface area contributed by atoms with Crippen molar-refractivity contribution in [2.24, 2.45) is 0 Å². The fraction of sp³-hybridized carbons (Fsp3) is 0.867. The zero-order valence-corrected chi connectivity index (χ0v) is 23.1. The highest BCUT2D eigenvalue weighted by molar-refractivity contribution is 5.70. The van der Waals surface area contributed by atoms with Crippen LogP contribution in [0.5, 0.6) is 0 Å². The van der Waals surface area contributed by atoms with E-state index in [1.807, 2.05) is 0 Å². The van der Waals surface area contributed by atoms with E-state index in [-0.39, 0.29) is 25.2 Å². The lowest BCUT2D eigenvalue weighted by atomic mass is 10.1. The Hall–Kier alpha value is -1.36. The van der Waals surface area contributed by atoms with Crippen LogP contribution < -0.4 is 0 Å². The van der Waals surface area contributed by atoms with E-state index in [4.69, 9.17) is 9.47 Å². The maximum absolute atomic E-state index is 12.0. The van der Waals surface area contributed by atoms with Crippen LogP contribution in [0.25, 0.3) is 0 Å². The molecule has 0 aromatic rings. The topological polar surface area (TPSA) is 72.8 Å². The molecule has 0 aliphatic carbocycles. The lowest BCUT2D eigenvalue weighted by Gasteiger charge is -2.15. The molecule has 5 heteroatoms. The summed E-state index contributed by atoms with van der Waals surface area (Å²) in [7, 11) is 0. The number of ether oxygens (including phenoxy) is 2. The summed E-state index contributed by atoms with van der Waals surface area (Å²) >= 11 is 0. The first-order valence-corrected chi connectivity index (χ1v) is 14.7. The van der Waals surface area contributed by atoms with Crippen LogP contribution >= 0.6 is 0 Å². The van der Waals surface area contributed by atoms with Gasteiger partial charge in [0.15, 0.2) is 6.10 Å². The first-order chi connectivity index (χ1) is 17.1. The molecule has 0 bridgehead atoms. The lowest BCUT2D eigenvalue weighted by Crippen LogP contribution is -2.28. The number of carbonyl (C=O) groups excluding carboxylic acids is 2. The van der Waals surface area contributed by atoms with Gasteiger partial charge in [0.05, 0.1) is 6.61 Å². The summed E-state index contributed by atoms with van der Waals surface area (Å²) in [5.74, 6) is -0.607. The largest absolute Gasteiger partial charge is 0.462 e. The van der Waals surface area contributed by atoms with Crippen molar-refractivity contribution in [3.05, 3.63) is 12.2 Å². The summed E-state index contributed by atoms with van der Waals surface area (Å²) in [4.78, 5) is 23.9. The Morgan fingerprint density at radius 3 is 1.54 bits per heavy atom. The zero-order valence-electron chi connectivity index (χ0n) is 23.1. The molecule has 0 aromatic heterocycles. The summed E-state index contributed by atoms with van der Waals surface area (Å²) in [5.41, 5.74) is 0. The Morgan fingerprint density at radius 2 is 1.06 bits per heavy atom. The lowest BCUT2D eigenvalue weighted by molar-refractivity contribution is -0.161. The second-order valence-corrected chi connectivity index (χ2v) is 9.83. The number of allylic oxidation sites excluding steroid dienone is 2. The zero-order chi connectivity index (χ0) is 25.8. The van der Waals surface area contributed by atoms with Gasteiger partial charge in [0.25, 0.3) is 0 Å². The number of hydrogen-bond acceptors (Lipinski definition) is 5. The number of hydrogen-bond donors (Lipinski definition) is 1. The maximum Gasteiger partial charge on any atom is 0.306 e. The molecule has 1 N–H and O–H groups in total. The Kier molecular flexibility index (Phi) is 26.2. The van der Waals surface area contributed by atoms with Gasteiger partial charge in [-0.25, -0.2) is 0 Å². The molecule has 35 heavy (non-hydrogen) atoms. The number of aliphatic hydroxyl groups excluding tert-OH is 1. The Labute approximate surface area is 216 Å². The molecule has 0 saturated carbocycles. The fourth-order valence-corrected chi connectivity index (χ4v) is 4.02. The van der Waals surface area contributed by atoms with Gasteiger partial charge in [-0.2, -0.15) is 0 Å². The first-order valence-electron chi connectivity index (χ1n) is 14.7. The quantitative estimate of drug-likeness (QED) is 0.0741. The molecular formula is C30H56O5. The van der Waals surface area contributed by atoms with Crippen LogP contribution in [0, 0.1) is 0 Å². The minimum absolute atomic E-state index is 0.0656. The van der Waals surface area contributed by atoms with Crippen molar-refractivity contribution in [3.8, 4) is 0 Å². The first kappa shape index (κ1) is 33.6. The number of carbonyl (C=O) groups is 2. The molecule has 0 amide bonds. The van der Waals surface area contributed by atoms with Crippen molar-refractivity contribution >= 4 is 11.9 Å². The van der Waals surface area contributed by atoms with E-state index in [0.717, 1.165) is 44.9 Å². The molecule has 0 saturated heterocycles. The van der Waals surface area contributed by atoms with Crippen molar-refractivity contribution in [1.82, 2.24) is 0 Å². The van der Waals surface area contributed by atoms with Gasteiger partial charge in [-0.05, 0) is 38.5 Å². The van der Waals surface area contributed by atoms with Crippen LogP contribution in [0.1, 0.15) is 149 Å². The standard InChI is InChI=1S/C30H56O5/c1-3-5-7-9-11-12-13-14-15-16-17-19-21-23-25-30(33)35-28(26-31)27-34-29(32)24-22-20-18-10-8-6-4-2/h13-14,28,31H,3-12,15-27H2,1-2H3/b14-13-. The predicted octanol–water partition coefficient (Wildman–Crippen LogP) is 8.22. The maximum atomic E-state index is 12.0. The summed E-state index contributed by atoms with van der Waals surface area (Å²) in [6.07, 6.45) is 27.0. The molecule has 1 atom stereocenters. The molecule has 0 aromatic carbocycles. The highest BCUT2D eigenvalue weighted by atomic mass is 16.6. The number of unbranched alkanes of at least 4 members (excludes halogenated alkanes) is 16. The average Bonchev–Trinajstić information content (AvgIpc) is 2.86. The molecule has 0 heterocycles. The average molecular weight is 497 g/mol. The SMILES string of the molecule is CCCCCCC/C=C\CCCCCCCC(=O)OC(CO)COC(=O)CCCCCCCCC. The van der Waals surface area contributed by atoms with Gasteiger partial charge in [-0.3, -0.25) is 9.59 Å². The molecule has 0 radical (unpaired) electrons. The van der Waals surface area contributed by atoms with Gasteiger partial charge in [0.1, 0.15) is 6.61 Å². The van der Waals surface area contributed by atoms with Crippen LogP contribution in [0.15, 0.2) is 12.2 Å². The van der Waals surface area contributed by atoms with Crippen molar-refractivity contribution in [2.45, 2.75) is 155 Å². The van der Waals surface area contributed by atoms with Gasteiger partial charge in [0.2, 0.25) is 0 Å². The van der Waals surface area contributed by atoms with E-state index in [1.54, 1.807) is 0 Å². The van der Waals surface area contributed by atoms with Crippen molar-refractivity contribution in [1.29, 1.82) is 0 Å². The molecular weight excluding hydrogens is 440 g/mol. The normalized spacial score (nSPS) is 12.2. The van der Waals surface area contributed by atoms with Crippen molar-refractivity contribution < 1.29 is 24.2 Å². The van der Waals surface area contributed by atoms with Gasteiger partial charge in [-0.15, -0.1) is 0 Å². The molecule has 1 unspecified atom stereocenters. The summed E-state index contributed by atoms with van der Waals surface area (Å²) in [6.45, 7) is 4.05. The Balaban J connectivity index is 3.60. The summed E-state index contributed by atoms with van der Waals surface area (Å²) < 4.78 is 10.5. The van der Waals surface area contributed by atoms with E-state index in [2.05, 4.69) is 26.0 Å². The fourth-order valence-electron chi connectivity index (χ4n) is 4.02. The summed E-state index contributed by atoms with van der Waals surface area (Å²) in [6, 6.07) is 0. The number of esters is 2. The van der Waals surface area contributed by atoms with E-state index in [9.17, 15) is 14.7 Å². The van der Waals surface area contributed by atoms with Crippen LogP contribution in [-0.2, 0) is 19.1 Å². The van der Waals surface area contributed by atoms with Gasteiger partial charge in [-0.1, -0.05) is 109 Å². The molecule has 0 spiro atoms. The Bertz CT molecular complexity index is 503. The van der Waals surface area contributed by atoms with Gasteiger partial charge in [0, 0.05) is 12.8 Å². The predicted molar refractivity (Wildman–Crippen MR) is 145 cm³/mol. The second-order valence-electron chi connectivity index (χ2n) is 9.83. The number of aliphatic hydroxyl groups is 1. The van der Waals surface area contributed by atoms with Crippen LogP contribution in [0.4, 0.5) is 0 Å². The molecule has 0 rings (SSSR count). The third-order valence-corrected chi connectivity index (χ3v) is 6.31. The van der Waals surface area contributed by atoms with Crippen LogP contribution in [0.2, 0.25) is 0 Å². The Morgan fingerprint density at radius 1 is 0.629 bits per heavy atom. The van der Waals surface area contributed by atoms with E-state index < -0.39 is 6.10 Å². The van der Waals surface area contributed by atoms with Gasteiger partial charge < -0.3 is 14.6 Å². The van der Waals surface area contributed by atoms with Crippen molar-refractivity contribution in [3.63, 3.8) is 0 Å². The monoisotopic (exact) mass is 496 g/mol. The molecule has 0 aliphatic heterocycles. The number of rotatable bonds is 26. The van der Waals surface area contributed by atoms with E-state index in [0.29, 0.717) is 12.8 Å². The van der Waals surface area contributed by atoms with E-state index in [1.165, 1.54) is 77.0 Å². The van der Waals surface area contributed by atoms with E-state index >= 15 is 0 Å². The minimum Gasteiger partial charge on any atom is -0.462 e.